The van der Waals surface area contributed by atoms with Crippen LogP contribution in [0.1, 0.15) is 20.3 Å². The predicted octanol–water partition coefficient (Wildman–Crippen LogP) is 2.12. The minimum absolute atomic E-state index is 0.941. The van der Waals surface area contributed by atoms with Crippen molar-refractivity contribution >= 4 is 0 Å². The monoisotopic (exact) mass is 139 g/mol. The SMILES string of the molecule is C=C(C)/C(=C/CNC)CC. The van der Waals surface area contributed by atoms with E-state index in [1.807, 2.05) is 14.0 Å². The van der Waals surface area contributed by atoms with Crippen LogP contribution in [0.5, 0.6) is 0 Å². The van der Waals surface area contributed by atoms with E-state index in [9.17, 15) is 0 Å². The molecule has 0 saturated carbocycles. The third kappa shape index (κ3) is 3.46. The summed E-state index contributed by atoms with van der Waals surface area (Å²) in [7, 11) is 1.95. The molecule has 0 aromatic carbocycles. The van der Waals surface area contributed by atoms with Crippen LogP contribution in [0.15, 0.2) is 23.8 Å². The standard InChI is InChI=1S/C9H17N/c1-5-9(8(2)3)6-7-10-4/h6,10H,2,5,7H2,1,3-4H3/b9-6+. The van der Waals surface area contributed by atoms with Gasteiger partial charge in [0, 0.05) is 6.54 Å². The second kappa shape index (κ2) is 5.24. The van der Waals surface area contributed by atoms with Crippen LogP contribution in [0.2, 0.25) is 0 Å². The molecule has 1 heteroatoms. The number of rotatable bonds is 4. The lowest BCUT2D eigenvalue weighted by Crippen LogP contribution is -2.05. The Morgan fingerprint density at radius 2 is 2.20 bits per heavy atom. The molecule has 0 unspecified atom stereocenters. The van der Waals surface area contributed by atoms with Crippen molar-refractivity contribution < 1.29 is 0 Å². The van der Waals surface area contributed by atoms with E-state index >= 15 is 0 Å². The molecule has 0 bridgehead atoms. The van der Waals surface area contributed by atoms with Gasteiger partial charge < -0.3 is 5.32 Å². The lowest BCUT2D eigenvalue weighted by Gasteiger charge is -2.01. The molecule has 0 fully saturated rings. The van der Waals surface area contributed by atoms with E-state index in [2.05, 4.69) is 24.9 Å². The maximum absolute atomic E-state index is 3.88. The molecule has 0 atom stereocenters. The zero-order valence-electron chi connectivity index (χ0n) is 7.20. The molecule has 0 aliphatic carbocycles. The molecule has 58 valence electrons. The summed E-state index contributed by atoms with van der Waals surface area (Å²) in [6.45, 7) is 9.02. The van der Waals surface area contributed by atoms with Crippen LogP contribution in [-0.4, -0.2) is 13.6 Å². The van der Waals surface area contributed by atoms with Crippen molar-refractivity contribution in [1.29, 1.82) is 0 Å². The summed E-state index contributed by atoms with van der Waals surface area (Å²) in [6.07, 6.45) is 3.26. The molecule has 0 spiro atoms. The molecule has 1 nitrogen and oxygen atoms in total. The Hall–Kier alpha value is -0.560. The quantitative estimate of drug-likeness (QED) is 0.588. The van der Waals surface area contributed by atoms with Gasteiger partial charge >= 0.3 is 0 Å². The lowest BCUT2D eigenvalue weighted by atomic mass is 10.1. The molecule has 0 aliphatic rings. The molecular formula is C9H17N. The van der Waals surface area contributed by atoms with E-state index in [4.69, 9.17) is 0 Å². The third-order valence-electron chi connectivity index (χ3n) is 1.48. The first-order valence-electron chi connectivity index (χ1n) is 3.71. The summed E-state index contributed by atoms with van der Waals surface area (Å²) in [5.41, 5.74) is 2.53. The van der Waals surface area contributed by atoms with Crippen molar-refractivity contribution in [2.45, 2.75) is 20.3 Å². The molecule has 0 saturated heterocycles. The van der Waals surface area contributed by atoms with Gasteiger partial charge in [-0.05, 0) is 26.0 Å². The Balaban J connectivity index is 3.91. The van der Waals surface area contributed by atoms with Crippen molar-refractivity contribution in [2.24, 2.45) is 0 Å². The first-order chi connectivity index (χ1) is 4.72. The summed E-state index contributed by atoms with van der Waals surface area (Å²) in [4.78, 5) is 0. The summed E-state index contributed by atoms with van der Waals surface area (Å²) < 4.78 is 0. The Bertz CT molecular complexity index is 134. The van der Waals surface area contributed by atoms with E-state index in [1.54, 1.807) is 0 Å². The van der Waals surface area contributed by atoms with Gasteiger partial charge in [-0.2, -0.15) is 0 Å². The van der Waals surface area contributed by atoms with E-state index in [1.165, 1.54) is 11.1 Å². The molecule has 0 rings (SSSR count). The van der Waals surface area contributed by atoms with Crippen LogP contribution in [0.3, 0.4) is 0 Å². The summed E-state index contributed by atoms with van der Waals surface area (Å²) in [5, 5.41) is 3.07. The van der Waals surface area contributed by atoms with Crippen molar-refractivity contribution in [1.82, 2.24) is 5.32 Å². The van der Waals surface area contributed by atoms with Crippen molar-refractivity contribution in [3.8, 4) is 0 Å². The van der Waals surface area contributed by atoms with Crippen LogP contribution >= 0.6 is 0 Å². The molecule has 0 aromatic heterocycles. The highest BCUT2D eigenvalue weighted by Gasteiger charge is 1.91. The van der Waals surface area contributed by atoms with Crippen LogP contribution in [-0.2, 0) is 0 Å². The van der Waals surface area contributed by atoms with Crippen LogP contribution < -0.4 is 5.32 Å². The number of allylic oxidation sites excluding steroid dienone is 2. The van der Waals surface area contributed by atoms with Crippen LogP contribution in [0.25, 0.3) is 0 Å². The number of nitrogens with one attached hydrogen (secondary N) is 1. The van der Waals surface area contributed by atoms with Gasteiger partial charge in [-0.1, -0.05) is 25.2 Å². The fraction of sp³-hybridized carbons (Fsp3) is 0.556. The summed E-state index contributed by atoms with van der Waals surface area (Å²) in [6, 6.07) is 0. The number of likely N-dealkylation sites (N-methyl/N-ethyl adjacent to an activating group) is 1. The van der Waals surface area contributed by atoms with Crippen molar-refractivity contribution in [2.75, 3.05) is 13.6 Å². The summed E-state index contributed by atoms with van der Waals surface area (Å²) >= 11 is 0. The number of hydrogen-bond acceptors (Lipinski definition) is 1. The van der Waals surface area contributed by atoms with Gasteiger partial charge in [0.15, 0.2) is 0 Å². The Morgan fingerprint density at radius 1 is 1.60 bits per heavy atom. The van der Waals surface area contributed by atoms with Crippen LogP contribution in [0.4, 0.5) is 0 Å². The smallest absolute Gasteiger partial charge is 0.0137 e. The van der Waals surface area contributed by atoms with E-state index in [0.29, 0.717) is 0 Å². The van der Waals surface area contributed by atoms with Gasteiger partial charge in [-0.15, -0.1) is 0 Å². The van der Waals surface area contributed by atoms with Crippen molar-refractivity contribution in [3.63, 3.8) is 0 Å². The highest BCUT2D eigenvalue weighted by molar-refractivity contribution is 5.25. The molecule has 0 amide bonds. The Kier molecular flexibility index (Phi) is 4.95. The van der Waals surface area contributed by atoms with Crippen molar-refractivity contribution in [3.05, 3.63) is 23.8 Å². The maximum atomic E-state index is 3.88. The normalized spacial score (nSPS) is 11.7. The minimum atomic E-state index is 0.941. The van der Waals surface area contributed by atoms with Gasteiger partial charge in [0.25, 0.3) is 0 Å². The van der Waals surface area contributed by atoms with Crippen LogP contribution in [0, 0.1) is 0 Å². The highest BCUT2D eigenvalue weighted by Crippen LogP contribution is 2.09. The van der Waals surface area contributed by atoms with E-state index in [0.717, 1.165) is 13.0 Å². The molecule has 1 N–H and O–H groups in total. The Morgan fingerprint density at radius 3 is 2.50 bits per heavy atom. The van der Waals surface area contributed by atoms with Gasteiger partial charge in [-0.25, -0.2) is 0 Å². The molecular weight excluding hydrogens is 122 g/mol. The average Bonchev–Trinajstić information content (AvgIpc) is 1.89. The lowest BCUT2D eigenvalue weighted by molar-refractivity contribution is 0.906. The second-order valence-electron chi connectivity index (χ2n) is 2.42. The maximum Gasteiger partial charge on any atom is 0.0137 e. The molecule has 0 heterocycles. The Labute approximate surface area is 63.8 Å². The number of hydrogen-bond donors (Lipinski definition) is 1. The molecule has 0 aliphatic heterocycles. The minimum Gasteiger partial charge on any atom is -0.316 e. The molecule has 0 aromatic rings. The topological polar surface area (TPSA) is 12.0 Å². The zero-order chi connectivity index (χ0) is 7.98. The third-order valence-corrected chi connectivity index (χ3v) is 1.48. The summed E-state index contributed by atoms with van der Waals surface area (Å²) in [5.74, 6) is 0. The second-order valence-corrected chi connectivity index (χ2v) is 2.42. The van der Waals surface area contributed by atoms with Gasteiger partial charge in [-0.3, -0.25) is 0 Å². The fourth-order valence-electron chi connectivity index (χ4n) is 0.846. The average molecular weight is 139 g/mol. The first-order valence-corrected chi connectivity index (χ1v) is 3.71. The molecule has 0 radical (unpaired) electrons. The van der Waals surface area contributed by atoms with Gasteiger partial charge in [0.1, 0.15) is 0 Å². The van der Waals surface area contributed by atoms with E-state index in [-0.39, 0.29) is 0 Å². The highest BCUT2D eigenvalue weighted by atomic mass is 14.8. The predicted molar refractivity (Wildman–Crippen MR) is 47.1 cm³/mol. The van der Waals surface area contributed by atoms with Gasteiger partial charge in [0.05, 0.1) is 0 Å². The van der Waals surface area contributed by atoms with E-state index < -0.39 is 0 Å². The largest absolute Gasteiger partial charge is 0.316 e. The first kappa shape index (κ1) is 9.44. The zero-order valence-corrected chi connectivity index (χ0v) is 7.20. The fourth-order valence-corrected chi connectivity index (χ4v) is 0.846. The van der Waals surface area contributed by atoms with Gasteiger partial charge in [0.2, 0.25) is 0 Å². The molecule has 10 heavy (non-hydrogen) atoms.